The number of piperidine rings is 1. The highest BCUT2D eigenvalue weighted by Crippen LogP contribution is 2.17. The van der Waals surface area contributed by atoms with E-state index in [1.54, 1.807) is 6.21 Å². The summed E-state index contributed by atoms with van der Waals surface area (Å²) in [5.74, 6) is 5.96. The van der Waals surface area contributed by atoms with E-state index >= 15 is 0 Å². The molecule has 1 aromatic rings. The summed E-state index contributed by atoms with van der Waals surface area (Å²) in [6, 6.07) is 8.46. The fourth-order valence-electron chi connectivity index (χ4n) is 2.48. The molecule has 2 N–H and O–H groups in total. The zero-order chi connectivity index (χ0) is 12.1. The van der Waals surface area contributed by atoms with Gasteiger partial charge in [-0.25, -0.2) is 0 Å². The van der Waals surface area contributed by atoms with Gasteiger partial charge in [0.1, 0.15) is 0 Å². The standard InChI is InChI=1S/C14H21N3/c1-12-3-2-8-17(10-12)11-14-6-4-13(5-7-14)9-16-15/h4-7,9,12H,2-3,8,10-11,15H2,1H3. The minimum atomic E-state index is 0.840. The van der Waals surface area contributed by atoms with Crippen molar-refractivity contribution in [3.05, 3.63) is 35.4 Å². The molecule has 0 radical (unpaired) electrons. The minimum Gasteiger partial charge on any atom is -0.323 e. The third-order valence-corrected chi connectivity index (χ3v) is 3.35. The van der Waals surface area contributed by atoms with Gasteiger partial charge in [0.2, 0.25) is 0 Å². The lowest BCUT2D eigenvalue weighted by atomic mass is 10.00. The average Bonchev–Trinajstić information content (AvgIpc) is 2.32. The minimum absolute atomic E-state index is 0.840. The molecule has 0 aliphatic carbocycles. The lowest BCUT2D eigenvalue weighted by molar-refractivity contribution is 0.176. The highest BCUT2D eigenvalue weighted by Gasteiger charge is 2.15. The van der Waals surface area contributed by atoms with E-state index in [1.807, 2.05) is 0 Å². The van der Waals surface area contributed by atoms with Crippen molar-refractivity contribution < 1.29 is 0 Å². The molecule has 0 aromatic heterocycles. The monoisotopic (exact) mass is 231 g/mol. The summed E-state index contributed by atoms with van der Waals surface area (Å²) < 4.78 is 0. The summed E-state index contributed by atoms with van der Waals surface area (Å²) >= 11 is 0. The van der Waals surface area contributed by atoms with Crippen LogP contribution in [0.2, 0.25) is 0 Å². The Labute approximate surface area is 103 Å². The van der Waals surface area contributed by atoms with Crippen LogP contribution in [0.25, 0.3) is 0 Å². The van der Waals surface area contributed by atoms with E-state index in [0.29, 0.717) is 0 Å². The maximum atomic E-state index is 5.12. The first-order valence-electron chi connectivity index (χ1n) is 6.32. The number of hydrogen-bond donors (Lipinski definition) is 1. The Kier molecular flexibility index (Phi) is 4.15. The molecule has 1 aliphatic heterocycles. The third-order valence-electron chi connectivity index (χ3n) is 3.35. The van der Waals surface area contributed by atoms with Crippen molar-refractivity contribution in [1.82, 2.24) is 4.90 Å². The molecule has 92 valence electrons. The fourth-order valence-corrected chi connectivity index (χ4v) is 2.48. The van der Waals surface area contributed by atoms with Crippen molar-refractivity contribution in [2.45, 2.75) is 26.3 Å². The topological polar surface area (TPSA) is 41.6 Å². The molecule has 1 fully saturated rings. The predicted molar refractivity (Wildman–Crippen MR) is 71.9 cm³/mol. The second kappa shape index (κ2) is 5.82. The molecule has 1 atom stereocenters. The van der Waals surface area contributed by atoms with E-state index in [9.17, 15) is 0 Å². The number of likely N-dealkylation sites (tertiary alicyclic amines) is 1. The Bertz CT molecular complexity index is 370. The van der Waals surface area contributed by atoms with Crippen molar-refractivity contribution in [3.8, 4) is 0 Å². The molecule has 0 saturated carbocycles. The maximum absolute atomic E-state index is 5.12. The molecule has 1 unspecified atom stereocenters. The summed E-state index contributed by atoms with van der Waals surface area (Å²) in [5.41, 5.74) is 2.43. The number of hydrazone groups is 1. The highest BCUT2D eigenvalue weighted by molar-refractivity contribution is 5.79. The van der Waals surface area contributed by atoms with Crippen LogP contribution in [0.15, 0.2) is 29.4 Å². The van der Waals surface area contributed by atoms with Gasteiger partial charge >= 0.3 is 0 Å². The Balaban J connectivity index is 1.94. The van der Waals surface area contributed by atoms with Crippen molar-refractivity contribution in [2.24, 2.45) is 16.9 Å². The molecule has 1 heterocycles. The van der Waals surface area contributed by atoms with Gasteiger partial charge in [0.25, 0.3) is 0 Å². The number of rotatable bonds is 3. The first kappa shape index (κ1) is 12.1. The second-order valence-corrected chi connectivity index (χ2v) is 5.00. The number of nitrogens with zero attached hydrogens (tertiary/aromatic N) is 2. The van der Waals surface area contributed by atoms with E-state index in [-0.39, 0.29) is 0 Å². The van der Waals surface area contributed by atoms with Crippen LogP contribution < -0.4 is 5.84 Å². The van der Waals surface area contributed by atoms with Gasteiger partial charge in [-0.05, 0) is 36.4 Å². The van der Waals surface area contributed by atoms with Crippen LogP contribution in [0.4, 0.5) is 0 Å². The van der Waals surface area contributed by atoms with E-state index in [1.165, 1.54) is 31.5 Å². The molecule has 1 saturated heterocycles. The summed E-state index contributed by atoms with van der Waals surface area (Å²) in [6.45, 7) is 5.86. The van der Waals surface area contributed by atoms with E-state index in [4.69, 9.17) is 5.84 Å². The maximum Gasteiger partial charge on any atom is 0.0538 e. The fraction of sp³-hybridized carbons (Fsp3) is 0.500. The van der Waals surface area contributed by atoms with Gasteiger partial charge in [-0.2, -0.15) is 5.10 Å². The first-order chi connectivity index (χ1) is 8.28. The third kappa shape index (κ3) is 3.56. The normalized spacial score (nSPS) is 22.1. The molecule has 3 heteroatoms. The average molecular weight is 231 g/mol. The summed E-state index contributed by atoms with van der Waals surface area (Å²) in [7, 11) is 0. The Morgan fingerprint density at radius 3 is 2.82 bits per heavy atom. The van der Waals surface area contributed by atoms with Crippen LogP contribution in [-0.2, 0) is 6.54 Å². The molecule has 1 aliphatic rings. The zero-order valence-corrected chi connectivity index (χ0v) is 10.5. The lowest BCUT2D eigenvalue weighted by Crippen LogP contribution is -2.33. The smallest absolute Gasteiger partial charge is 0.0538 e. The molecule has 2 rings (SSSR count). The van der Waals surface area contributed by atoms with Crippen LogP contribution >= 0.6 is 0 Å². The summed E-state index contributed by atoms with van der Waals surface area (Å²) in [4.78, 5) is 2.54. The van der Waals surface area contributed by atoms with Crippen molar-refractivity contribution in [3.63, 3.8) is 0 Å². The molecular formula is C14H21N3. The summed E-state index contributed by atoms with van der Waals surface area (Å²) in [5, 5.41) is 3.53. The lowest BCUT2D eigenvalue weighted by Gasteiger charge is -2.30. The van der Waals surface area contributed by atoms with Crippen LogP contribution in [-0.4, -0.2) is 24.2 Å². The first-order valence-corrected chi connectivity index (χ1v) is 6.32. The number of nitrogens with two attached hydrogens (primary N) is 1. The van der Waals surface area contributed by atoms with Crippen molar-refractivity contribution >= 4 is 6.21 Å². The van der Waals surface area contributed by atoms with Crippen LogP contribution in [0.3, 0.4) is 0 Å². The summed E-state index contributed by atoms with van der Waals surface area (Å²) in [6.07, 6.45) is 4.38. The molecule has 3 nitrogen and oxygen atoms in total. The van der Waals surface area contributed by atoms with Crippen molar-refractivity contribution in [1.29, 1.82) is 0 Å². The quantitative estimate of drug-likeness (QED) is 0.492. The Morgan fingerprint density at radius 2 is 2.18 bits per heavy atom. The van der Waals surface area contributed by atoms with E-state index < -0.39 is 0 Å². The van der Waals surface area contributed by atoms with Gasteiger partial charge in [-0.15, -0.1) is 0 Å². The second-order valence-electron chi connectivity index (χ2n) is 5.00. The molecule has 0 amide bonds. The van der Waals surface area contributed by atoms with E-state index in [0.717, 1.165) is 18.0 Å². The molecule has 0 bridgehead atoms. The van der Waals surface area contributed by atoms with Crippen LogP contribution in [0, 0.1) is 5.92 Å². The van der Waals surface area contributed by atoms with Gasteiger partial charge in [0.15, 0.2) is 0 Å². The largest absolute Gasteiger partial charge is 0.323 e. The van der Waals surface area contributed by atoms with Crippen LogP contribution in [0.1, 0.15) is 30.9 Å². The molecule has 1 aromatic carbocycles. The van der Waals surface area contributed by atoms with Gasteiger partial charge in [-0.3, -0.25) is 4.90 Å². The molecule has 17 heavy (non-hydrogen) atoms. The SMILES string of the molecule is CC1CCCN(Cc2ccc(C=NN)cc2)C1. The number of hydrogen-bond acceptors (Lipinski definition) is 3. The van der Waals surface area contributed by atoms with Gasteiger partial charge < -0.3 is 5.84 Å². The van der Waals surface area contributed by atoms with Crippen LogP contribution in [0.5, 0.6) is 0 Å². The predicted octanol–water partition coefficient (Wildman–Crippen LogP) is 2.21. The van der Waals surface area contributed by atoms with Gasteiger partial charge in [-0.1, -0.05) is 31.2 Å². The number of benzene rings is 1. The van der Waals surface area contributed by atoms with Gasteiger partial charge in [0, 0.05) is 13.1 Å². The van der Waals surface area contributed by atoms with Gasteiger partial charge in [0.05, 0.1) is 6.21 Å². The van der Waals surface area contributed by atoms with E-state index in [2.05, 4.69) is 41.2 Å². The zero-order valence-electron chi connectivity index (χ0n) is 10.5. The molecular weight excluding hydrogens is 210 g/mol. The Morgan fingerprint density at radius 1 is 1.41 bits per heavy atom. The highest BCUT2D eigenvalue weighted by atomic mass is 15.1. The molecule has 0 spiro atoms. The van der Waals surface area contributed by atoms with Crippen molar-refractivity contribution in [2.75, 3.05) is 13.1 Å². The Hall–Kier alpha value is -1.35.